The molecule has 3 heteroatoms. The molecule has 0 unspecified atom stereocenters. The van der Waals surface area contributed by atoms with Gasteiger partial charge >= 0.3 is 0 Å². The average Bonchev–Trinajstić information content (AvgIpc) is 2.39. The number of hydrogen-bond donors (Lipinski definition) is 1. The average molecular weight is 247 g/mol. The van der Waals surface area contributed by atoms with Crippen LogP contribution in [0.15, 0.2) is 0 Å². The first-order valence-electron chi connectivity index (χ1n) is 7.21. The fourth-order valence-electron chi connectivity index (χ4n) is 2.92. The molecule has 1 aliphatic rings. The molecule has 1 aromatic heterocycles. The van der Waals surface area contributed by atoms with Crippen molar-refractivity contribution >= 4 is 0 Å². The van der Waals surface area contributed by atoms with Crippen LogP contribution in [0.5, 0.6) is 0 Å². The van der Waals surface area contributed by atoms with E-state index in [2.05, 4.69) is 19.2 Å². The van der Waals surface area contributed by atoms with Gasteiger partial charge in [0.25, 0.3) is 0 Å². The van der Waals surface area contributed by atoms with Gasteiger partial charge in [0.2, 0.25) is 0 Å². The standard InChI is InChI=1S/C15H25N3/c1-11-14(9-10-16-3)12(2)18-15(17-11)13-7-5-4-6-8-13/h13,16H,4-10H2,1-3H3. The molecule has 1 aromatic rings. The molecular formula is C15H25N3. The number of aromatic nitrogens is 2. The van der Waals surface area contributed by atoms with Crippen molar-refractivity contribution in [2.24, 2.45) is 0 Å². The van der Waals surface area contributed by atoms with E-state index < -0.39 is 0 Å². The Kier molecular flexibility index (Phi) is 4.70. The molecule has 100 valence electrons. The van der Waals surface area contributed by atoms with Crippen LogP contribution in [-0.2, 0) is 6.42 Å². The van der Waals surface area contributed by atoms with Crippen molar-refractivity contribution in [3.63, 3.8) is 0 Å². The van der Waals surface area contributed by atoms with E-state index in [0.717, 1.165) is 18.8 Å². The highest BCUT2D eigenvalue weighted by Gasteiger charge is 2.19. The lowest BCUT2D eigenvalue weighted by atomic mass is 9.88. The third-order valence-corrected chi connectivity index (χ3v) is 4.03. The molecule has 1 heterocycles. The van der Waals surface area contributed by atoms with E-state index in [1.807, 2.05) is 7.05 Å². The summed E-state index contributed by atoms with van der Waals surface area (Å²) in [6.07, 6.45) is 7.64. The Morgan fingerprint density at radius 3 is 2.22 bits per heavy atom. The van der Waals surface area contributed by atoms with Crippen LogP contribution in [0.2, 0.25) is 0 Å². The molecule has 0 aromatic carbocycles. The monoisotopic (exact) mass is 247 g/mol. The van der Waals surface area contributed by atoms with E-state index in [4.69, 9.17) is 9.97 Å². The van der Waals surface area contributed by atoms with Crippen molar-refractivity contribution in [3.05, 3.63) is 22.8 Å². The molecule has 0 saturated heterocycles. The Hall–Kier alpha value is -0.960. The first kappa shape index (κ1) is 13.5. The predicted molar refractivity (Wildman–Crippen MR) is 75.0 cm³/mol. The van der Waals surface area contributed by atoms with Crippen molar-refractivity contribution in [2.75, 3.05) is 13.6 Å². The zero-order valence-electron chi connectivity index (χ0n) is 11.9. The Bertz CT molecular complexity index is 372. The van der Waals surface area contributed by atoms with Crippen LogP contribution in [0.25, 0.3) is 0 Å². The maximum Gasteiger partial charge on any atom is 0.131 e. The predicted octanol–water partition coefficient (Wildman–Crippen LogP) is 2.90. The lowest BCUT2D eigenvalue weighted by Gasteiger charge is -2.21. The van der Waals surface area contributed by atoms with Crippen LogP contribution in [0.4, 0.5) is 0 Å². The summed E-state index contributed by atoms with van der Waals surface area (Å²) in [6.45, 7) is 5.26. The van der Waals surface area contributed by atoms with Gasteiger partial charge < -0.3 is 5.32 Å². The number of hydrogen-bond acceptors (Lipinski definition) is 3. The summed E-state index contributed by atoms with van der Waals surface area (Å²) in [4.78, 5) is 9.54. The summed E-state index contributed by atoms with van der Waals surface area (Å²) in [5.74, 6) is 1.70. The fraction of sp³-hybridized carbons (Fsp3) is 0.733. The molecule has 0 radical (unpaired) electrons. The summed E-state index contributed by atoms with van der Waals surface area (Å²) in [7, 11) is 1.99. The van der Waals surface area contributed by atoms with Gasteiger partial charge in [-0.25, -0.2) is 9.97 Å². The molecule has 1 N–H and O–H groups in total. The third-order valence-electron chi connectivity index (χ3n) is 4.03. The van der Waals surface area contributed by atoms with Crippen molar-refractivity contribution in [1.82, 2.24) is 15.3 Å². The van der Waals surface area contributed by atoms with E-state index in [1.54, 1.807) is 0 Å². The van der Waals surface area contributed by atoms with Crippen LogP contribution in [0.1, 0.15) is 60.8 Å². The van der Waals surface area contributed by atoms with Crippen molar-refractivity contribution < 1.29 is 0 Å². The number of nitrogens with zero attached hydrogens (tertiary/aromatic N) is 2. The van der Waals surface area contributed by atoms with Crippen molar-refractivity contribution in [2.45, 2.75) is 58.3 Å². The molecular weight excluding hydrogens is 222 g/mol. The van der Waals surface area contributed by atoms with Gasteiger partial charge in [0.05, 0.1) is 0 Å². The molecule has 18 heavy (non-hydrogen) atoms. The summed E-state index contributed by atoms with van der Waals surface area (Å²) in [5.41, 5.74) is 3.68. The fourth-order valence-corrected chi connectivity index (χ4v) is 2.92. The SMILES string of the molecule is CNCCc1c(C)nc(C2CCCCC2)nc1C. The van der Waals surface area contributed by atoms with Crippen LogP contribution in [0.3, 0.4) is 0 Å². The van der Waals surface area contributed by atoms with Crippen molar-refractivity contribution in [1.29, 1.82) is 0 Å². The summed E-state index contributed by atoms with van der Waals surface area (Å²) < 4.78 is 0. The number of nitrogens with one attached hydrogen (secondary N) is 1. The molecule has 3 nitrogen and oxygen atoms in total. The molecule has 1 fully saturated rings. The minimum absolute atomic E-state index is 0.606. The number of likely N-dealkylation sites (N-methyl/N-ethyl adjacent to an activating group) is 1. The maximum absolute atomic E-state index is 4.77. The molecule has 0 spiro atoms. The molecule has 1 aliphatic carbocycles. The molecule has 0 atom stereocenters. The normalized spacial score (nSPS) is 17.1. The summed E-state index contributed by atoms with van der Waals surface area (Å²) in [6, 6.07) is 0. The maximum atomic E-state index is 4.77. The number of rotatable bonds is 4. The Labute approximate surface area is 110 Å². The van der Waals surface area contributed by atoms with Gasteiger partial charge in [-0.15, -0.1) is 0 Å². The van der Waals surface area contributed by atoms with E-state index in [9.17, 15) is 0 Å². The Morgan fingerprint density at radius 2 is 1.67 bits per heavy atom. The largest absolute Gasteiger partial charge is 0.319 e. The van der Waals surface area contributed by atoms with Crippen LogP contribution >= 0.6 is 0 Å². The highest BCUT2D eigenvalue weighted by molar-refractivity contribution is 5.25. The minimum Gasteiger partial charge on any atom is -0.319 e. The first-order valence-corrected chi connectivity index (χ1v) is 7.21. The third kappa shape index (κ3) is 3.08. The zero-order valence-corrected chi connectivity index (χ0v) is 11.9. The minimum atomic E-state index is 0.606. The van der Waals surface area contributed by atoms with E-state index in [1.165, 1.54) is 49.1 Å². The van der Waals surface area contributed by atoms with Gasteiger partial charge in [0.15, 0.2) is 0 Å². The van der Waals surface area contributed by atoms with Gasteiger partial charge in [0.1, 0.15) is 5.82 Å². The second-order valence-electron chi connectivity index (χ2n) is 5.42. The number of aryl methyl sites for hydroxylation is 2. The zero-order chi connectivity index (χ0) is 13.0. The second-order valence-corrected chi connectivity index (χ2v) is 5.42. The molecule has 2 rings (SSSR count). The first-order chi connectivity index (χ1) is 8.72. The van der Waals surface area contributed by atoms with Gasteiger partial charge in [-0.1, -0.05) is 19.3 Å². The van der Waals surface area contributed by atoms with Crippen molar-refractivity contribution in [3.8, 4) is 0 Å². The summed E-state index contributed by atoms with van der Waals surface area (Å²) >= 11 is 0. The topological polar surface area (TPSA) is 37.8 Å². The molecule has 0 bridgehead atoms. The Morgan fingerprint density at radius 1 is 1.06 bits per heavy atom. The molecule has 0 aliphatic heterocycles. The smallest absolute Gasteiger partial charge is 0.131 e. The van der Waals surface area contributed by atoms with E-state index in [-0.39, 0.29) is 0 Å². The van der Waals surface area contributed by atoms with Crippen LogP contribution in [0, 0.1) is 13.8 Å². The lowest BCUT2D eigenvalue weighted by Crippen LogP contribution is -2.16. The second kappa shape index (κ2) is 6.28. The lowest BCUT2D eigenvalue weighted by molar-refractivity contribution is 0.427. The van der Waals surface area contributed by atoms with Gasteiger partial charge in [-0.2, -0.15) is 0 Å². The van der Waals surface area contributed by atoms with E-state index in [0.29, 0.717) is 5.92 Å². The Balaban J connectivity index is 2.18. The summed E-state index contributed by atoms with van der Waals surface area (Å²) in [5, 5.41) is 3.19. The van der Waals surface area contributed by atoms with Crippen LogP contribution in [-0.4, -0.2) is 23.6 Å². The quantitative estimate of drug-likeness (QED) is 0.889. The van der Waals surface area contributed by atoms with Gasteiger partial charge in [-0.3, -0.25) is 0 Å². The van der Waals surface area contributed by atoms with Gasteiger partial charge in [-0.05, 0) is 52.3 Å². The highest BCUT2D eigenvalue weighted by Crippen LogP contribution is 2.31. The molecule has 0 amide bonds. The van der Waals surface area contributed by atoms with E-state index >= 15 is 0 Å². The molecule has 1 saturated carbocycles. The van der Waals surface area contributed by atoms with Gasteiger partial charge in [0, 0.05) is 17.3 Å². The van der Waals surface area contributed by atoms with Crippen LogP contribution < -0.4 is 5.32 Å². The highest BCUT2D eigenvalue weighted by atomic mass is 14.9.